The summed E-state index contributed by atoms with van der Waals surface area (Å²) in [6, 6.07) is 10.7. The van der Waals surface area contributed by atoms with Crippen molar-refractivity contribution in [2.24, 2.45) is 0 Å². The second kappa shape index (κ2) is 4.65. The van der Waals surface area contributed by atoms with Crippen molar-refractivity contribution in [2.75, 3.05) is 5.73 Å². The molecular weight excluding hydrogens is 279 g/mol. The highest BCUT2D eigenvalue weighted by Crippen LogP contribution is 2.23. The lowest BCUT2D eigenvalue weighted by atomic mass is 10.1. The van der Waals surface area contributed by atoms with Crippen LogP contribution < -0.4 is 5.73 Å². The molecule has 0 saturated carbocycles. The molecule has 1 heterocycles. The third-order valence-corrected chi connectivity index (χ3v) is 3.35. The van der Waals surface area contributed by atoms with Crippen LogP contribution in [0.2, 0.25) is 5.02 Å². The molecule has 0 aliphatic carbocycles. The molecular formula is C15H10ClFN2O. The maximum Gasteiger partial charge on any atom is 0.264 e. The summed E-state index contributed by atoms with van der Waals surface area (Å²) >= 11 is 5.91. The normalized spacial score (nSPS) is 10.9. The molecule has 0 saturated heterocycles. The van der Waals surface area contributed by atoms with Crippen molar-refractivity contribution in [3.63, 3.8) is 0 Å². The molecule has 3 rings (SSSR count). The van der Waals surface area contributed by atoms with Crippen LogP contribution in [0.4, 0.5) is 10.1 Å². The van der Waals surface area contributed by atoms with Gasteiger partial charge in [0.1, 0.15) is 5.82 Å². The van der Waals surface area contributed by atoms with Crippen LogP contribution in [-0.4, -0.2) is 10.5 Å². The number of anilines is 1. The maximum absolute atomic E-state index is 13.3. The van der Waals surface area contributed by atoms with Crippen molar-refractivity contribution in [1.82, 2.24) is 4.57 Å². The summed E-state index contributed by atoms with van der Waals surface area (Å²) in [5.74, 6) is -0.874. The number of hydrogen-bond acceptors (Lipinski definition) is 2. The van der Waals surface area contributed by atoms with Gasteiger partial charge >= 0.3 is 0 Å². The third-order valence-electron chi connectivity index (χ3n) is 3.12. The number of nitrogens with zero attached hydrogens (tertiary/aromatic N) is 1. The Kier molecular flexibility index (Phi) is 2.95. The first kappa shape index (κ1) is 12.7. The van der Waals surface area contributed by atoms with Gasteiger partial charge in [-0.1, -0.05) is 11.6 Å². The van der Waals surface area contributed by atoms with E-state index in [0.29, 0.717) is 10.5 Å². The van der Waals surface area contributed by atoms with E-state index in [0.717, 1.165) is 11.5 Å². The molecule has 0 bridgehead atoms. The van der Waals surface area contributed by atoms with Crippen molar-refractivity contribution in [2.45, 2.75) is 0 Å². The van der Waals surface area contributed by atoms with Crippen molar-refractivity contribution in [1.29, 1.82) is 0 Å². The SMILES string of the molecule is Nc1ccc(F)cc1C(=O)n1ccc2cc(Cl)ccc21. The van der Waals surface area contributed by atoms with Gasteiger partial charge in [-0.05, 0) is 42.5 Å². The smallest absolute Gasteiger partial charge is 0.264 e. The van der Waals surface area contributed by atoms with Crippen LogP contribution in [0, 0.1) is 5.82 Å². The maximum atomic E-state index is 13.3. The largest absolute Gasteiger partial charge is 0.398 e. The summed E-state index contributed by atoms with van der Waals surface area (Å²) in [5.41, 5.74) is 6.82. The lowest BCUT2D eigenvalue weighted by molar-refractivity contribution is 0.0965. The molecule has 20 heavy (non-hydrogen) atoms. The van der Waals surface area contributed by atoms with Gasteiger partial charge in [0.25, 0.3) is 5.91 Å². The van der Waals surface area contributed by atoms with Crippen LogP contribution in [0.5, 0.6) is 0 Å². The van der Waals surface area contributed by atoms with Gasteiger partial charge < -0.3 is 5.73 Å². The number of nitrogens with two attached hydrogens (primary N) is 1. The molecule has 0 spiro atoms. The first-order chi connectivity index (χ1) is 9.56. The van der Waals surface area contributed by atoms with E-state index in [-0.39, 0.29) is 17.2 Å². The van der Waals surface area contributed by atoms with Gasteiger partial charge in [-0.15, -0.1) is 0 Å². The Morgan fingerprint density at radius 2 is 1.95 bits per heavy atom. The molecule has 2 aromatic carbocycles. The number of nitrogen functional groups attached to an aromatic ring is 1. The van der Waals surface area contributed by atoms with E-state index in [1.807, 2.05) is 0 Å². The highest BCUT2D eigenvalue weighted by molar-refractivity contribution is 6.31. The van der Waals surface area contributed by atoms with Gasteiger partial charge in [0.15, 0.2) is 0 Å². The van der Waals surface area contributed by atoms with Gasteiger partial charge in [-0.3, -0.25) is 9.36 Å². The fourth-order valence-corrected chi connectivity index (χ4v) is 2.31. The highest BCUT2D eigenvalue weighted by Gasteiger charge is 2.15. The molecule has 0 amide bonds. The molecule has 5 heteroatoms. The van der Waals surface area contributed by atoms with E-state index in [1.165, 1.54) is 16.7 Å². The van der Waals surface area contributed by atoms with E-state index in [2.05, 4.69) is 0 Å². The average molecular weight is 289 g/mol. The molecule has 0 aliphatic heterocycles. The average Bonchev–Trinajstić information content (AvgIpc) is 2.83. The number of aromatic nitrogens is 1. The van der Waals surface area contributed by atoms with Crippen LogP contribution in [0.1, 0.15) is 10.4 Å². The minimum Gasteiger partial charge on any atom is -0.398 e. The molecule has 0 radical (unpaired) electrons. The van der Waals surface area contributed by atoms with Crippen molar-refractivity contribution in [3.05, 3.63) is 65.1 Å². The molecule has 100 valence electrons. The summed E-state index contributed by atoms with van der Waals surface area (Å²) in [5, 5.41) is 1.42. The summed E-state index contributed by atoms with van der Waals surface area (Å²) < 4.78 is 14.7. The van der Waals surface area contributed by atoms with Gasteiger partial charge in [0, 0.05) is 22.3 Å². The van der Waals surface area contributed by atoms with Crippen LogP contribution in [0.3, 0.4) is 0 Å². The lowest BCUT2D eigenvalue weighted by Gasteiger charge is -2.07. The Morgan fingerprint density at radius 1 is 1.15 bits per heavy atom. The van der Waals surface area contributed by atoms with E-state index < -0.39 is 5.82 Å². The first-order valence-corrected chi connectivity index (χ1v) is 6.30. The van der Waals surface area contributed by atoms with E-state index >= 15 is 0 Å². The Morgan fingerprint density at radius 3 is 2.75 bits per heavy atom. The van der Waals surface area contributed by atoms with Gasteiger partial charge in [0.05, 0.1) is 11.1 Å². The second-order valence-corrected chi connectivity index (χ2v) is 4.86. The zero-order valence-electron chi connectivity index (χ0n) is 10.3. The monoisotopic (exact) mass is 288 g/mol. The molecule has 3 nitrogen and oxygen atoms in total. The predicted octanol–water partition coefficient (Wildman–Crippen LogP) is 3.70. The number of fused-ring (bicyclic) bond motifs is 1. The quantitative estimate of drug-likeness (QED) is 0.694. The molecule has 0 unspecified atom stereocenters. The van der Waals surface area contributed by atoms with E-state index in [1.54, 1.807) is 30.5 Å². The van der Waals surface area contributed by atoms with E-state index in [9.17, 15) is 9.18 Å². The van der Waals surface area contributed by atoms with Crippen LogP contribution in [0.25, 0.3) is 10.9 Å². The summed E-state index contributed by atoms with van der Waals surface area (Å²) in [7, 11) is 0. The fraction of sp³-hybridized carbons (Fsp3) is 0. The van der Waals surface area contributed by atoms with Crippen molar-refractivity contribution >= 4 is 34.1 Å². The minimum absolute atomic E-state index is 0.137. The van der Waals surface area contributed by atoms with Crippen LogP contribution >= 0.6 is 11.6 Å². The molecule has 0 atom stereocenters. The number of benzene rings is 2. The summed E-state index contributed by atoms with van der Waals surface area (Å²) in [6.45, 7) is 0. The number of carbonyl (C=O) groups is 1. The van der Waals surface area contributed by atoms with Crippen LogP contribution in [-0.2, 0) is 0 Å². The molecule has 0 aliphatic rings. The highest BCUT2D eigenvalue weighted by atomic mass is 35.5. The molecule has 2 N–H and O–H groups in total. The molecule has 0 fully saturated rings. The summed E-state index contributed by atoms with van der Waals surface area (Å²) in [4.78, 5) is 12.5. The Labute approximate surface area is 119 Å². The van der Waals surface area contributed by atoms with Gasteiger partial charge in [-0.2, -0.15) is 0 Å². The number of hydrogen-bond donors (Lipinski definition) is 1. The Balaban J connectivity index is 2.15. The molecule has 3 aromatic rings. The summed E-state index contributed by atoms with van der Waals surface area (Å²) in [6.07, 6.45) is 1.62. The number of halogens is 2. The molecule has 1 aromatic heterocycles. The van der Waals surface area contributed by atoms with Crippen molar-refractivity contribution < 1.29 is 9.18 Å². The first-order valence-electron chi connectivity index (χ1n) is 5.92. The van der Waals surface area contributed by atoms with Crippen molar-refractivity contribution in [3.8, 4) is 0 Å². The minimum atomic E-state index is -0.498. The standard InChI is InChI=1S/C15H10ClFN2O/c16-10-1-4-14-9(7-10)5-6-19(14)15(20)12-8-11(17)2-3-13(12)18/h1-8H,18H2. The number of carbonyl (C=O) groups excluding carboxylic acids is 1. The fourth-order valence-electron chi connectivity index (χ4n) is 2.13. The number of rotatable bonds is 1. The third kappa shape index (κ3) is 2.04. The zero-order valence-corrected chi connectivity index (χ0v) is 11.1. The lowest BCUT2D eigenvalue weighted by Crippen LogP contribution is -2.13. The van der Waals surface area contributed by atoms with E-state index in [4.69, 9.17) is 17.3 Å². The van der Waals surface area contributed by atoms with Crippen LogP contribution in [0.15, 0.2) is 48.7 Å². The topological polar surface area (TPSA) is 48.0 Å². The Hall–Kier alpha value is -2.33. The second-order valence-electron chi connectivity index (χ2n) is 4.43. The van der Waals surface area contributed by atoms with Gasteiger partial charge in [-0.25, -0.2) is 4.39 Å². The predicted molar refractivity (Wildman–Crippen MR) is 77.5 cm³/mol. The van der Waals surface area contributed by atoms with Gasteiger partial charge in [0.2, 0.25) is 0 Å². The zero-order chi connectivity index (χ0) is 14.3. The Bertz CT molecular complexity index is 826.